The second-order valence-corrected chi connectivity index (χ2v) is 5.61. The van der Waals surface area contributed by atoms with Crippen LogP contribution in [0.4, 0.5) is 4.79 Å². The zero-order valence-corrected chi connectivity index (χ0v) is 12.9. The highest BCUT2D eigenvalue weighted by atomic mass is 32.2. The van der Waals surface area contributed by atoms with Gasteiger partial charge in [-0.25, -0.2) is 9.78 Å². The normalized spacial score (nSPS) is 10.7. The number of nitrogens with zero attached hydrogens (tertiary/aromatic N) is 4. The number of rotatable bonds is 8. The van der Waals surface area contributed by atoms with Crippen molar-refractivity contribution in [1.82, 2.24) is 19.7 Å². The molecule has 0 atom stereocenters. The van der Waals surface area contributed by atoms with Crippen LogP contribution in [0.15, 0.2) is 11.5 Å². The van der Waals surface area contributed by atoms with E-state index in [1.165, 1.54) is 11.0 Å². The highest BCUT2D eigenvalue weighted by molar-refractivity contribution is 7.99. The predicted octanol–water partition coefficient (Wildman–Crippen LogP) is 3.26. The molecule has 0 fully saturated rings. The van der Waals surface area contributed by atoms with E-state index in [0.717, 1.165) is 44.5 Å². The SMILES string of the molecule is CCCCCN(CCC)C(=O)n1cnc(SCC)n1. The van der Waals surface area contributed by atoms with Gasteiger partial charge >= 0.3 is 6.03 Å². The predicted molar refractivity (Wildman–Crippen MR) is 78.6 cm³/mol. The molecule has 1 heterocycles. The lowest BCUT2D eigenvalue weighted by Crippen LogP contribution is -2.36. The summed E-state index contributed by atoms with van der Waals surface area (Å²) in [5.74, 6) is 0.910. The topological polar surface area (TPSA) is 51.0 Å². The summed E-state index contributed by atoms with van der Waals surface area (Å²) in [6.07, 6.45) is 5.84. The molecule has 1 rings (SSSR count). The van der Waals surface area contributed by atoms with E-state index in [1.54, 1.807) is 11.8 Å². The zero-order chi connectivity index (χ0) is 14.1. The molecule has 0 saturated carbocycles. The van der Waals surface area contributed by atoms with Crippen LogP contribution in [0.25, 0.3) is 0 Å². The number of carbonyl (C=O) groups is 1. The molecule has 1 aromatic rings. The number of hydrogen-bond donors (Lipinski definition) is 0. The van der Waals surface area contributed by atoms with Crippen LogP contribution < -0.4 is 0 Å². The molecule has 0 bridgehead atoms. The van der Waals surface area contributed by atoms with Crippen molar-refractivity contribution in [2.45, 2.75) is 51.6 Å². The van der Waals surface area contributed by atoms with Crippen molar-refractivity contribution < 1.29 is 4.79 Å². The minimum Gasteiger partial charge on any atom is -0.323 e. The molecule has 1 aromatic heterocycles. The molecule has 108 valence electrons. The Balaban J connectivity index is 2.62. The lowest BCUT2D eigenvalue weighted by atomic mass is 10.2. The molecule has 0 aliphatic carbocycles. The van der Waals surface area contributed by atoms with Gasteiger partial charge in [-0.05, 0) is 18.6 Å². The van der Waals surface area contributed by atoms with Gasteiger partial charge in [0.2, 0.25) is 5.16 Å². The van der Waals surface area contributed by atoms with Gasteiger partial charge in [-0.2, -0.15) is 4.68 Å². The van der Waals surface area contributed by atoms with E-state index in [0.29, 0.717) is 5.16 Å². The Morgan fingerprint density at radius 3 is 2.68 bits per heavy atom. The quantitative estimate of drug-likeness (QED) is 0.543. The third-order valence-corrected chi connectivity index (χ3v) is 3.47. The van der Waals surface area contributed by atoms with Crippen LogP contribution >= 0.6 is 11.8 Å². The van der Waals surface area contributed by atoms with Crippen molar-refractivity contribution in [1.29, 1.82) is 0 Å². The van der Waals surface area contributed by atoms with Crippen LogP contribution in [0.1, 0.15) is 46.5 Å². The van der Waals surface area contributed by atoms with E-state index in [1.807, 2.05) is 11.8 Å². The monoisotopic (exact) mass is 284 g/mol. The molecule has 0 unspecified atom stereocenters. The van der Waals surface area contributed by atoms with Crippen LogP contribution in [0.2, 0.25) is 0 Å². The Bertz CT molecular complexity index is 380. The molecule has 0 N–H and O–H groups in total. The first-order valence-corrected chi connectivity index (χ1v) is 8.05. The molecule has 6 heteroatoms. The summed E-state index contributed by atoms with van der Waals surface area (Å²) in [6.45, 7) is 7.87. The summed E-state index contributed by atoms with van der Waals surface area (Å²) in [7, 11) is 0. The summed E-state index contributed by atoms with van der Waals surface area (Å²) in [6, 6.07) is -0.0617. The summed E-state index contributed by atoms with van der Waals surface area (Å²) in [5, 5.41) is 4.88. The largest absolute Gasteiger partial charge is 0.346 e. The number of thioether (sulfide) groups is 1. The average molecular weight is 284 g/mol. The standard InChI is InChI=1S/C13H24N4OS/c1-4-7-8-10-16(9-5-2)13(18)17-11-14-12(15-17)19-6-3/h11H,4-10H2,1-3H3. The van der Waals surface area contributed by atoms with Gasteiger partial charge in [0.1, 0.15) is 6.33 Å². The van der Waals surface area contributed by atoms with Crippen molar-refractivity contribution in [2.24, 2.45) is 0 Å². The first-order valence-electron chi connectivity index (χ1n) is 7.06. The van der Waals surface area contributed by atoms with Crippen LogP contribution in [0, 0.1) is 0 Å². The Morgan fingerprint density at radius 2 is 2.05 bits per heavy atom. The Labute approximate surface area is 119 Å². The van der Waals surface area contributed by atoms with Gasteiger partial charge in [-0.3, -0.25) is 0 Å². The Kier molecular flexibility index (Phi) is 7.55. The van der Waals surface area contributed by atoms with E-state index in [-0.39, 0.29) is 6.03 Å². The number of amides is 1. The molecular formula is C13H24N4OS. The molecule has 0 radical (unpaired) electrons. The zero-order valence-electron chi connectivity index (χ0n) is 12.1. The second-order valence-electron chi connectivity index (χ2n) is 4.38. The maximum absolute atomic E-state index is 12.3. The van der Waals surface area contributed by atoms with Crippen LogP contribution in [0.3, 0.4) is 0 Å². The molecule has 0 saturated heterocycles. The number of unbranched alkanes of at least 4 members (excludes halogenated alkanes) is 2. The molecule has 0 spiro atoms. The first-order chi connectivity index (χ1) is 9.22. The lowest BCUT2D eigenvalue weighted by Gasteiger charge is -2.21. The average Bonchev–Trinajstić information content (AvgIpc) is 2.86. The van der Waals surface area contributed by atoms with Crippen molar-refractivity contribution >= 4 is 17.8 Å². The van der Waals surface area contributed by atoms with Crippen LogP contribution in [-0.2, 0) is 0 Å². The van der Waals surface area contributed by atoms with Crippen molar-refractivity contribution in [3.63, 3.8) is 0 Å². The van der Waals surface area contributed by atoms with Gasteiger partial charge < -0.3 is 4.90 Å². The van der Waals surface area contributed by atoms with Gasteiger partial charge in [0.25, 0.3) is 0 Å². The third-order valence-electron chi connectivity index (χ3n) is 2.74. The summed E-state index contributed by atoms with van der Waals surface area (Å²) in [5.41, 5.74) is 0. The van der Waals surface area contributed by atoms with Gasteiger partial charge in [-0.15, -0.1) is 5.10 Å². The lowest BCUT2D eigenvalue weighted by molar-refractivity contribution is 0.194. The van der Waals surface area contributed by atoms with E-state index in [2.05, 4.69) is 23.9 Å². The van der Waals surface area contributed by atoms with Crippen molar-refractivity contribution in [3.05, 3.63) is 6.33 Å². The van der Waals surface area contributed by atoms with Gasteiger partial charge in [-0.1, -0.05) is 45.4 Å². The minimum absolute atomic E-state index is 0.0617. The van der Waals surface area contributed by atoms with Gasteiger partial charge in [0.05, 0.1) is 0 Å². The second kappa shape index (κ2) is 8.96. The molecule has 19 heavy (non-hydrogen) atoms. The molecular weight excluding hydrogens is 260 g/mol. The van der Waals surface area contributed by atoms with E-state index in [9.17, 15) is 4.79 Å². The van der Waals surface area contributed by atoms with Gasteiger partial charge in [0, 0.05) is 13.1 Å². The smallest absolute Gasteiger partial charge is 0.323 e. The van der Waals surface area contributed by atoms with E-state index in [4.69, 9.17) is 0 Å². The fraction of sp³-hybridized carbons (Fsp3) is 0.769. The summed E-state index contributed by atoms with van der Waals surface area (Å²) >= 11 is 1.55. The summed E-state index contributed by atoms with van der Waals surface area (Å²) < 4.78 is 1.36. The van der Waals surface area contributed by atoms with Crippen LogP contribution in [-0.4, -0.2) is 44.5 Å². The summed E-state index contributed by atoms with van der Waals surface area (Å²) in [4.78, 5) is 18.3. The van der Waals surface area contributed by atoms with Crippen molar-refractivity contribution in [2.75, 3.05) is 18.8 Å². The van der Waals surface area contributed by atoms with Gasteiger partial charge in [0.15, 0.2) is 0 Å². The van der Waals surface area contributed by atoms with Crippen LogP contribution in [0.5, 0.6) is 0 Å². The highest BCUT2D eigenvalue weighted by Crippen LogP contribution is 2.11. The molecule has 0 aromatic carbocycles. The molecule has 0 aliphatic rings. The molecule has 1 amide bonds. The fourth-order valence-electron chi connectivity index (χ4n) is 1.81. The fourth-order valence-corrected chi connectivity index (χ4v) is 2.33. The maximum Gasteiger partial charge on any atom is 0.346 e. The number of hydrogen-bond acceptors (Lipinski definition) is 4. The van der Waals surface area contributed by atoms with Crippen molar-refractivity contribution in [3.8, 4) is 0 Å². The van der Waals surface area contributed by atoms with E-state index < -0.39 is 0 Å². The third kappa shape index (κ3) is 5.22. The Morgan fingerprint density at radius 1 is 1.26 bits per heavy atom. The molecule has 0 aliphatic heterocycles. The minimum atomic E-state index is -0.0617. The Hall–Kier alpha value is -1.04. The highest BCUT2D eigenvalue weighted by Gasteiger charge is 2.16. The number of aromatic nitrogens is 3. The first kappa shape index (κ1) is 16.0. The maximum atomic E-state index is 12.3. The molecule has 5 nitrogen and oxygen atoms in total. The van der Waals surface area contributed by atoms with E-state index >= 15 is 0 Å². The number of carbonyl (C=O) groups excluding carboxylic acids is 1.